The first kappa shape index (κ1) is 16.3. The van der Waals surface area contributed by atoms with Crippen molar-refractivity contribution < 1.29 is 14.3 Å². The molecule has 6 heteroatoms. The van der Waals surface area contributed by atoms with E-state index in [-0.39, 0.29) is 18.9 Å². The molecule has 1 aromatic carbocycles. The van der Waals surface area contributed by atoms with Gasteiger partial charge in [0.05, 0.1) is 32.0 Å². The van der Waals surface area contributed by atoms with Crippen LogP contribution in [0.5, 0.6) is 0 Å². The smallest absolute Gasteiger partial charge is 0.224 e. The Bertz CT molecular complexity index is 864. The monoisotopic (exact) mass is 327 g/mol. The van der Waals surface area contributed by atoms with Gasteiger partial charge in [-0.15, -0.1) is 0 Å². The Hall–Kier alpha value is -2.60. The van der Waals surface area contributed by atoms with E-state index < -0.39 is 0 Å². The molecule has 0 aliphatic rings. The molecule has 2 heterocycles. The molecule has 126 valence electrons. The van der Waals surface area contributed by atoms with E-state index in [1.54, 1.807) is 17.1 Å². The van der Waals surface area contributed by atoms with Crippen LogP contribution >= 0.6 is 0 Å². The van der Waals surface area contributed by atoms with Crippen molar-refractivity contribution in [2.75, 3.05) is 6.61 Å². The maximum Gasteiger partial charge on any atom is 0.224 e. The summed E-state index contributed by atoms with van der Waals surface area (Å²) in [6.45, 7) is 4.97. The third-order valence-corrected chi connectivity index (χ3v) is 4.20. The number of nitrogens with one attached hydrogen (secondary N) is 1. The highest BCUT2D eigenvalue weighted by Gasteiger charge is 2.13. The summed E-state index contributed by atoms with van der Waals surface area (Å²) in [4.78, 5) is 12.2. The molecule has 0 saturated carbocycles. The molecule has 2 aromatic heterocycles. The van der Waals surface area contributed by atoms with Gasteiger partial charge in [-0.3, -0.25) is 9.48 Å². The van der Waals surface area contributed by atoms with Crippen LogP contribution in [-0.4, -0.2) is 27.4 Å². The van der Waals surface area contributed by atoms with Gasteiger partial charge in [-0.25, -0.2) is 0 Å². The topological polar surface area (TPSA) is 80.3 Å². The Morgan fingerprint density at radius 3 is 3.00 bits per heavy atom. The average molecular weight is 327 g/mol. The van der Waals surface area contributed by atoms with Crippen LogP contribution in [0.2, 0.25) is 0 Å². The fourth-order valence-corrected chi connectivity index (χ4v) is 2.68. The lowest BCUT2D eigenvalue weighted by Crippen LogP contribution is -2.24. The molecule has 0 radical (unpaired) electrons. The summed E-state index contributed by atoms with van der Waals surface area (Å²) in [6, 6.07) is 4.05. The molecule has 3 aromatic rings. The molecule has 2 N–H and O–H groups in total. The van der Waals surface area contributed by atoms with Crippen LogP contribution in [0.25, 0.3) is 11.0 Å². The largest absolute Gasteiger partial charge is 0.464 e. The van der Waals surface area contributed by atoms with Gasteiger partial charge < -0.3 is 14.8 Å². The van der Waals surface area contributed by atoms with E-state index in [0.717, 1.165) is 27.7 Å². The molecule has 0 bridgehead atoms. The van der Waals surface area contributed by atoms with Crippen LogP contribution in [0.15, 0.2) is 35.2 Å². The summed E-state index contributed by atoms with van der Waals surface area (Å²) >= 11 is 0. The summed E-state index contributed by atoms with van der Waals surface area (Å²) < 4.78 is 7.29. The summed E-state index contributed by atoms with van der Waals surface area (Å²) in [6.07, 6.45) is 5.45. The molecule has 0 fully saturated rings. The van der Waals surface area contributed by atoms with Crippen molar-refractivity contribution >= 4 is 16.9 Å². The Morgan fingerprint density at radius 1 is 1.38 bits per heavy atom. The minimum atomic E-state index is -0.0640. The van der Waals surface area contributed by atoms with Crippen LogP contribution in [-0.2, 0) is 24.3 Å². The van der Waals surface area contributed by atoms with E-state index in [9.17, 15) is 4.79 Å². The quantitative estimate of drug-likeness (QED) is 0.726. The van der Waals surface area contributed by atoms with E-state index in [1.165, 1.54) is 5.56 Å². The predicted octanol–water partition coefficient (Wildman–Crippen LogP) is 2.10. The number of carbonyl (C=O) groups excluding carboxylic acids is 1. The number of nitrogens with zero attached hydrogens (tertiary/aromatic N) is 2. The van der Waals surface area contributed by atoms with Crippen molar-refractivity contribution in [1.29, 1.82) is 0 Å². The third kappa shape index (κ3) is 3.33. The summed E-state index contributed by atoms with van der Waals surface area (Å²) in [5, 5.41) is 16.9. The maximum absolute atomic E-state index is 12.2. The first-order valence-corrected chi connectivity index (χ1v) is 7.93. The van der Waals surface area contributed by atoms with Gasteiger partial charge >= 0.3 is 0 Å². The molecule has 0 aliphatic carbocycles. The minimum Gasteiger partial charge on any atom is -0.464 e. The van der Waals surface area contributed by atoms with Gasteiger partial charge in [0, 0.05) is 29.3 Å². The highest BCUT2D eigenvalue weighted by Crippen LogP contribution is 2.26. The number of carbonyl (C=O) groups is 1. The SMILES string of the molecule is Cc1ccc2c(CC(=O)NCc3cnn(CCO)c3)coc2c1C. The van der Waals surface area contributed by atoms with Gasteiger partial charge in [-0.1, -0.05) is 12.1 Å². The van der Waals surface area contributed by atoms with Gasteiger partial charge in [0.2, 0.25) is 5.91 Å². The zero-order chi connectivity index (χ0) is 17.1. The van der Waals surface area contributed by atoms with Crippen molar-refractivity contribution in [3.63, 3.8) is 0 Å². The lowest BCUT2D eigenvalue weighted by Gasteiger charge is -2.03. The van der Waals surface area contributed by atoms with Crippen molar-refractivity contribution in [3.8, 4) is 0 Å². The standard InChI is InChI=1S/C18H21N3O3/c1-12-3-4-16-15(11-24-18(16)13(12)2)7-17(23)19-8-14-9-20-21(10-14)5-6-22/h3-4,9-11,22H,5-8H2,1-2H3,(H,19,23). The van der Waals surface area contributed by atoms with E-state index in [2.05, 4.69) is 10.4 Å². The summed E-state index contributed by atoms with van der Waals surface area (Å²) in [5.74, 6) is -0.0640. The molecule has 0 spiro atoms. The Morgan fingerprint density at radius 2 is 2.21 bits per heavy atom. The van der Waals surface area contributed by atoms with E-state index in [0.29, 0.717) is 13.1 Å². The normalized spacial score (nSPS) is 11.1. The van der Waals surface area contributed by atoms with Crippen molar-refractivity contribution in [3.05, 3.63) is 53.0 Å². The van der Waals surface area contributed by atoms with Crippen LogP contribution in [0.1, 0.15) is 22.3 Å². The first-order valence-electron chi connectivity index (χ1n) is 7.93. The van der Waals surface area contributed by atoms with Gasteiger partial charge in [-0.05, 0) is 25.0 Å². The van der Waals surface area contributed by atoms with Crippen LogP contribution in [0, 0.1) is 13.8 Å². The van der Waals surface area contributed by atoms with Gasteiger partial charge in [0.15, 0.2) is 0 Å². The number of hydrogen-bond acceptors (Lipinski definition) is 4. The number of aliphatic hydroxyl groups excluding tert-OH is 1. The van der Waals surface area contributed by atoms with E-state index in [1.807, 2.05) is 32.2 Å². The van der Waals surface area contributed by atoms with Crippen LogP contribution in [0.4, 0.5) is 0 Å². The lowest BCUT2D eigenvalue weighted by atomic mass is 10.0. The molecule has 6 nitrogen and oxygen atoms in total. The molecule has 0 aliphatic heterocycles. The second-order valence-corrected chi connectivity index (χ2v) is 5.93. The highest BCUT2D eigenvalue weighted by atomic mass is 16.3. The Balaban J connectivity index is 1.63. The number of amides is 1. The zero-order valence-corrected chi connectivity index (χ0v) is 13.9. The number of aromatic nitrogens is 2. The van der Waals surface area contributed by atoms with Crippen LogP contribution in [0.3, 0.4) is 0 Å². The number of hydrogen-bond donors (Lipinski definition) is 2. The van der Waals surface area contributed by atoms with Crippen molar-refractivity contribution in [2.24, 2.45) is 0 Å². The van der Waals surface area contributed by atoms with Crippen molar-refractivity contribution in [2.45, 2.75) is 33.4 Å². The molecule has 0 saturated heterocycles. The lowest BCUT2D eigenvalue weighted by molar-refractivity contribution is -0.120. The first-order chi connectivity index (χ1) is 11.6. The fraction of sp³-hybridized carbons (Fsp3) is 0.333. The second-order valence-electron chi connectivity index (χ2n) is 5.93. The second kappa shape index (κ2) is 6.88. The molecular weight excluding hydrogens is 306 g/mol. The number of furan rings is 1. The zero-order valence-electron chi connectivity index (χ0n) is 13.9. The Kier molecular flexibility index (Phi) is 4.66. The summed E-state index contributed by atoms with van der Waals surface area (Å²) in [5.41, 5.74) is 4.92. The number of benzene rings is 1. The van der Waals surface area contributed by atoms with Gasteiger partial charge in [0.25, 0.3) is 0 Å². The molecule has 1 amide bonds. The third-order valence-electron chi connectivity index (χ3n) is 4.20. The van der Waals surface area contributed by atoms with Gasteiger partial charge in [-0.2, -0.15) is 5.10 Å². The van der Waals surface area contributed by atoms with Gasteiger partial charge in [0.1, 0.15) is 5.58 Å². The van der Waals surface area contributed by atoms with Crippen molar-refractivity contribution in [1.82, 2.24) is 15.1 Å². The number of aryl methyl sites for hydroxylation is 2. The molecule has 0 atom stereocenters. The number of aliphatic hydroxyl groups is 1. The van der Waals surface area contributed by atoms with E-state index >= 15 is 0 Å². The summed E-state index contributed by atoms with van der Waals surface area (Å²) in [7, 11) is 0. The predicted molar refractivity (Wildman–Crippen MR) is 90.6 cm³/mol. The Labute approximate surface area is 140 Å². The molecule has 24 heavy (non-hydrogen) atoms. The fourth-order valence-electron chi connectivity index (χ4n) is 2.68. The van der Waals surface area contributed by atoms with Crippen LogP contribution < -0.4 is 5.32 Å². The number of fused-ring (bicyclic) bond motifs is 1. The minimum absolute atomic E-state index is 0.0416. The number of rotatable bonds is 6. The molecular formula is C18H21N3O3. The highest BCUT2D eigenvalue weighted by molar-refractivity contribution is 5.89. The maximum atomic E-state index is 12.2. The molecule has 0 unspecified atom stereocenters. The molecule has 3 rings (SSSR count). The average Bonchev–Trinajstić information content (AvgIpc) is 3.17. The van der Waals surface area contributed by atoms with E-state index in [4.69, 9.17) is 9.52 Å².